The van der Waals surface area contributed by atoms with Crippen LogP contribution in [0.25, 0.3) is 0 Å². The van der Waals surface area contributed by atoms with Crippen molar-refractivity contribution in [2.45, 2.75) is 96.6 Å². The third-order valence-electron chi connectivity index (χ3n) is 7.66. The van der Waals surface area contributed by atoms with Gasteiger partial charge >= 0.3 is 6.09 Å². The average molecular weight is 485 g/mol. The van der Waals surface area contributed by atoms with Gasteiger partial charge in [-0.25, -0.2) is 4.79 Å². The van der Waals surface area contributed by atoms with Gasteiger partial charge in [-0.3, -0.25) is 9.69 Å². The second-order valence-electron chi connectivity index (χ2n) is 11.6. The molecule has 2 atom stereocenters. The normalized spacial score (nSPS) is 25.7. The molecular weight excluding hydrogens is 440 g/mol. The Morgan fingerprint density at radius 2 is 1.83 bits per heavy atom. The number of carbonyl (C=O) groups excluding carboxylic acids is 2. The molecule has 0 spiro atoms. The molecule has 2 aliphatic heterocycles. The van der Waals surface area contributed by atoms with E-state index in [0.29, 0.717) is 6.54 Å². The van der Waals surface area contributed by atoms with Crippen LogP contribution in [0, 0.1) is 5.92 Å². The molecule has 0 aromatic carbocycles. The molecule has 0 aromatic rings. The quantitative estimate of drug-likeness (QED) is 0.428. The highest BCUT2D eigenvalue weighted by atomic mass is 16.6. The first-order chi connectivity index (χ1) is 16.8. The molecular formula is C29H44N2O4. The van der Waals surface area contributed by atoms with E-state index >= 15 is 0 Å². The summed E-state index contributed by atoms with van der Waals surface area (Å²) in [5, 5.41) is 0. The molecule has 0 bridgehead atoms. The zero-order valence-corrected chi connectivity index (χ0v) is 22.0. The van der Waals surface area contributed by atoms with Crippen LogP contribution < -0.4 is 0 Å². The lowest BCUT2D eigenvalue weighted by Crippen LogP contribution is -2.45. The number of hydrogen-bond donors (Lipinski definition) is 0. The standard InChI is InChI=1S/C29H44N2O4/c1-29(2,3)35-28(33)31-19-7-9-26(31)27(32)24-11-10-22-12-14-25(15-13-23(22)21-24)34-20-8-18-30-16-5-4-6-17-30/h12,14-15,24,26H,4-11,13,16-21H2,1-3H3/t24?,26-/m0/s1. The molecule has 2 saturated heterocycles. The van der Waals surface area contributed by atoms with Gasteiger partial charge in [0.25, 0.3) is 0 Å². The number of hydrogen-bond acceptors (Lipinski definition) is 5. The molecule has 4 aliphatic rings. The van der Waals surface area contributed by atoms with E-state index in [0.717, 1.165) is 63.9 Å². The number of rotatable bonds is 7. The number of Topliss-reactive ketones (excluding diaryl/α,β-unsaturated/α-hetero) is 1. The number of allylic oxidation sites excluding steroid dienone is 5. The smallest absolute Gasteiger partial charge is 0.410 e. The number of likely N-dealkylation sites (tertiary alicyclic amines) is 2. The number of amides is 1. The van der Waals surface area contributed by atoms with Crippen molar-refractivity contribution in [1.29, 1.82) is 0 Å². The second-order valence-corrected chi connectivity index (χ2v) is 11.6. The van der Waals surface area contributed by atoms with E-state index in [2.05, 4.69) is 23.1 Å². The van der Waals surface area contributed by atoms with E-state index in [9.17, 15) is 9.59 Å². The largest absolute Gasteiger partial charge is 0.494 e. The van der Waals surface area contributed by atoms with Crippen LogP contribution >= 0.6 is 0 Å². The summed E-state index contributed by atoms with van der Waals surface area (Å²) >= 11 is 0. The van der Waals surface area contributed by atoms with Gasteiger partial charge in [0.2, 0.25) is 0 Å². The maximum Gasteiger partial charge on any atom is 0.410 e. The minimum absolute atomic E-state index is 0.0180. The van der Waals surface area contributed by atoms with Gasteiger partial charge in [0.1, 0.15) is 11.4 Å². The molecule has 2 aliphatic carbocycles. The lowest BCUT2D eigenvalue weighted by atomic mass is 9.79. The van der Waals surface area contributed by atoms with Crippen molar-refractivity contribution < 1.29 is 19.1 Å². The number of carbonyl (C=O) groups is 2. The van der Waals surface area contributed by atoms with Gasteiger partial charge in [0.15, 0.2) is 5.78 Å². The molecule has 6 heteroatoms. The molecule has 1 amide bonds. The van der Waals surface area contributed by atoms with Gasteiger partial charge in [0.05, 0.1) is 12.6 Å². The molecule has 1 unspecified atom stereocenters. The van der Waals surface area contributed by atoms with Crippen molar-refractivity contribution in [1.82, 2.24) is 9.80 Å². The SMILES string of the molecule is CC(C)(C)OC(=O)N1CCC[C@H]1C(=O)C1CCC2=C(CC=C(OCCCN3CCCCC3)C=C2)C1. The first-order valence-corrected chi connectivity index (χ1v) is 13.8. The first-order valence-electron chi connectivity index (χ1n) is 13.8. The summed E-state index contributed by atoms with van der Waals surface area (Å²) in [5.74, 6) is 1.15. The van der Waals surface area contributed by atoms with Crippen molar-refractivity contribution in [2.24, 2.45) is 5.92 Å². The molecule has 0 N–H and O–H groups in total. The highest BCUT2D eigenvalue weighted by Gasteiger charge is 2.40. The number of nitrogens with zero attached hydrogens (tertiary/aromatic N) is 2. The van der Waals surface area contributed by atoms with Gasteiger partial charge < -0.3 is 14.4 Å². The highest BCUT2D eigenvalue weighted by Crippen LogP contribution is 2.37. The summed E-state index contributed by atoms with van der Waals surface area (Å²) in [4.78, 5) is 30.4. The van der Waals surface area contributed by atoms with E-state index < -0.39 is 5.60 Å². The van der Waals surface area contributed by atoms with Crippen molar-refractivity contribution in [2.75, 3.05) is 32.8 Å². The van der Waals surface area contributed by atoms with Gasteiger partial charge in [-0.1, -0.05) is 18.1 Å². The van der Waals surface area contributed by atoms with E-state index in [-0.39, 0.29) is 23.8 Å². The Balaban J connectivity index is 1.27. The predicted octanol–water partition coefficient (Wildman–Crippen LogP) is 5.79. The summed E-state index contributed by atoms with van der Waals surface area (Å²) < 4.78 is 11.7. The monoisotopic (exact) mass is 484 g/mol. The van der Waals surface area contributed by atoms with Crippen LogP contribution in [0.3, 0.4) is 0 Å². The minimum atomic E-state index is -0.551. The molecule has 0 saturated carbocycles. The topological polar surface area (TPSA) is 59.1 Å². The summed E-state index contributed by atoms with van der Waals surface area (Å²) in [6.45, 7) is 10.5. The molecule has 35 heavy (non-hydrogen) atoms. The van der Waals surface area contributed by atoms with Gasteiger partial charge in [-0.2, -0.15) is 0 Å². The molecule has 4 rings (SSSR count). The summed E-state index contributed by atoms with van der Waals surface area (Å²) in [7, 11) is 0. The van der Waals surface area contributed by atoms with Crippen LogP contribution in [-0.4, -0.2) is 66.1 Å². The Hall–Kier alpha value is -2.08. The van der Waals surface area contributed by atoms with Crippen LogP contribution in [0.15, 0.2) is 35.1 Å². The van der Waals surface area contributed by atoms with Gasteiger partial charge in [0, 0.05) is 19.0 Å². The van der Waals surface area contributed by atoms with Crippen LogP contribution in [0.4, 0.5) is 4.79 Å². The Morgan fingerprint density at radius 1 is 1.03 bits per heavy atom. The zero-order valence-electron chi connectivity index (χ0n) is 22.0. The Morgan fingerprint density at radius 3 is 2.60 bits per heavy atom. The van der Waals surface area contributed by atoms with E-state index in [1.807, 2.05) is 20.8 Å². The number of piperidine rings is 1. The molecule has 0 aromatic heterocycles. The van der Waals surface area contributed by atoms with Crippen LogP contribution in [0.5, 0.6) is 0 Å². The maximum absolute atomic E-state index is 13.5. The van der Waals surface area contributed by atoms with Gasteiger partial charge in [-0.05, 0) is 109 Å². The third-order valence-corrected chi connectivity index (χ3v) is 7.66. The first kappa shape index (κ1) is 26.0. The van der Waals surface area contributed by atoms with Crippen LogP contribution in [0.2, 0.25) is 0 Å². The van der Waals surface area contributed by atoms with E-state index in [4.69, 9.17) is 9.47 Å². The summed E-state index contributed by atoms with van der Waals surface area (Å²) in [6, 6.07) is -0.340. The predicted molar refractivity (Wildman–Crippen MR) is 138 cm³/mol. The zero-order chi connectivity index (χ0) is 24.8. The Kier molecular flexibility index (Phi) is 8.74. The fourth-order valence-electron chi connectivity index (χ4n) is 5.81. The third kappa shape index (κ3) is 7.22. The summed E-state index contributed by atoms with van der Waals surface area (Å²) in [5.41, 5.74) is 2.15. The lowest BCUT2D eigenvalue weighted by Gasteiger charge is -2.31. The fourth-order valence-corrected chi connectivity index (χ4v) is 5.81. The molecule has 2 fully saturated rings. The van der Waals surface area contributed by atoms with Crippen LogP contribution in [0.1, 0.15) is 85.0 Å². The maximum atomic E-state index is 13.5. The molecule has 2 heterocycles. The van der Waals surface area contributed by atoms with Crippen molar-refractivity contribution in [3.05, 3.63) is 35.1 Å². The second kappa shape index (κ2) is 11.8. The van der Waals surface area contributed by atoms with E-state index in [1.54, 1.807) is 4.90 Å². The summed E-state index contributed by atoms with van der Waals surface area (Å²) in [6.07, 6.45) is 16.2. The average Bonchev–Trinajstić information content (AvgIpc) is 3.24. The molecule has 6 nitrogen and oxygen atoms in total. The van der Waals surface area contributed by atoms with Crippen molar-refractivity contribution in [3.63, 3.8) is 0 Å². The Labute approximate surface area is 211 Å². The number of ketones is 1. The fraction of sp³-hybridized carbons (Fsp3) is 0.724. The minimum Gasteiger partial charge on any atom is -0.494 e. The highest BCUT2D eigenvalue weighted by molar-refractivity contribution is 5.90. The molecule has 194 valence electrons. The Bertz CT molecular complexity index is 860. The lowest BCUT2D eigenvalue weighted by molar-refractivity contribution is -0.127. The van der Waals surface area contributed by atoms with Crippen molar-refractivity contribution >= 4 is 11.9 Å². The molecule has 0 radical (unpaired) electrons. The van der Waals surface area contributed by atoms with Crippen LogP contribution in [-0.2, 0) is 14.3 Å². The van der Waals surface area contributed by atoms with Crippen molar-refractivity contribution in [3.8, 4) is 0 Å². The van der Waals surface area contributed by atoms with E-state index in [1.165, 1.54) is 43.5 Å². The van der Waals surface area contributed by atoms with Gasteiger partial charge in [-0.15, -0.1) is 0 Å². The number of ether oxygens (including phenoxy) is 2.